The Kier molecular flexibility index (Phi) is 8.36. The molecule has 0 radical (unpaired) electrons. The number of nitrogens with one attached hydrogen (secondary N) is 4. The molecule has 0 saturated carbocycles. The second kappa shape index (κ2) is 10.0. The number of benzene rings is 1. The quantitative estimate of drug-likeness (QED) is 0.460. The van der Waals surface area contributed by atoms with Gasteiger partial charge in [0.1, 0.15) is 0 Å². The molecule has 0 fully saturated rings. The molecular weight excluding hydrogens is 336 g/mol. The number of rotatable bonds is 6. The minimum Gasteiger partial charge on any atom is -0.361 e. The summed E-state index contributed by atoms with van der Waals surface area (Å²) in [6, 6.07) is 6.48. The smallest absolute Gasteiger partial charge is 0.257 e. The molecule has 8 heteroatoms. The lowest BCUT2D eigenvalue weighted by molar-refractivity contribution is -0.120. The molecule has 1 aromatic rings. The van der Waals surface area contributed by atoms with E-state index in [-0.39, 0.29) is 12.5 Å². The number of carbonyl (C=O) groups is 2. The van der Waals surface area contributed by atoms with Gasteiger partial charge in [0, 0.05) is 17.1 Å². The molecule has 0 aliphatic carbocycles. The summed E-state index contributed by atoms with van der Waals surface area (Å²) in [4.78, 5) is 23.5. The van der Waals surface area contributed by atoms with Gasteiger partial charge in [0.15, 0.2) is 5.11 Å². The molecule has 126 valence electrons. The normalized spacial score (nSPS) is 10.1. The number of hydrogen-bond acceptors (Lipinski definition) is 3. The van der Waals surface area contributed by atoms with Gasteiger partial charge >= 0.3 is 0 Å². The Hall–Kier alpha value is -1.86. The highest BCUT2D eigenvalue weighted by atomic mass is 35.5. The van der Waals surface area contributed by atoms with Crippen molar-refractivity contribution in [2.75, 3.05) is 13.1 Å². The van der Waals surface area contributed by atoms with Crippen molar-refractivity contribution in [1.82, 2.24) is 21.5 Å². The molecule has 0 spiro atoms. The van der Waals surface area contributed by atoms with Crippen molar-refractivity contribution in [2.45, 2.75) is 20.3 Å². The molecule has 0 aromatic heterocycles. The van der Waals surface area contributed by atoms with E-state index < -0.39 is 5.91 Å². The number of amides is 2. The van der Waals surface area contributed by atoms with Gasteiger partial charge in [-0.25, -0.2) is 0 Å². The molecule has 0 heterocycles. The second-order valence-electron chi connectivity index (χ2n) is 5.30. The Morgan fingerprint density at radius 1 is 1.22 bits per heavy atom. The van der Waals surface area contributed by atoms with Crippen molar-refractivity contribution in [3.05, 3.63) is 34.9 Å². The van der Waals surface area contributed by atoms with Crippen LogP contribution in [-0.4, -0.2) is 30.0 Å². The molecule has 1 aromatic carbocycles. The van der Waals surface area contributed by atoms with Gasteiger partial charge in [-0.05, 0) is 42.8 Å². The van der Waals surface area contributed by atoms with Crippen LogP contribution in [0.1, 0.15) is 30.6 Å². The van der Waals surface area contributed by atoms with Gasteiger partial charge < -0.3 is 10.6 Å². The zero-order valence-corrected chi connectivity index (χ0v) is 14.7. The van der Waals surface area contributed by atoms with Crippen molar-refractivity contribution in [3.63, 3.8) is 0 Å². The summed E-state index contributed by atoms with van der Waals surface area (Å²) in [5, 5.41) is 6.26. The first-order chi connectivity index (χ1) is 10.9. The van der Waals surface area contributed by atoms with Gasteiger partial charge in [-0.15, -0.1) is 0 Å². The number of thiocarbonyl (C=S) groups is 1. The molecule has 1 rings (SSSR count). The summed E-state index contributed by atoms with van der Waals surface area (Å²) in [7, 11) is 0. The monoisotopic (exact) mass is 356 g/mol. The Bertz CT molecular complexity index is 566. The standard InChI is InChI=1S/C15H21ClN4O2S/c1-10(2)6-7-17-15(23)20-19-13(21)9-18-14(22)11-4-3-5-12(16)8-11/h3-5,8,10H,6-7,9H2,1-2H3,(H,18,22)(H,19,21)(H2,17,20,23). The molecule has 23 heavy (non-hydrogen) atoms. The maximum Gasteiger partial charge on any atom is 0.257 e. The van der Waals surface area contributed by atoms with E-state index in [1.807, 2.05) is 0 Å². The minimum atomic E-state index is -0.409. The topological polar surface area (TPSA) is 82.3 Å². The lowest BCUT2D eigenvalue weighted by Crippen LogP contribution is -2.49. The first-order valence-electron chi connectivity index (χ1n) is 7.25. The first kappa shape index (κ1) is 19.2. The minimum absolute atomic E-state index is 0.174. The summed E-state index contributed by atoms with van der Waals surface area (Å²) in [5.41, 5.74) is 5.38. The van der Waals surface area contributed by atoms with Crippen molar-refractivity contribution >= 4 is 40.7 Å². The van der Waals surface area contributed by atoms with Crippen molar-refractivity contribution in [3.8, 4) is 0 Å². The van der Waals surface area contributed by atoms with Crippen molar-refractivity contribution in [1.29, 1.82) is 0 Å². The first-order valence-corrected chi connectivity index (χ1v) is 8.03. The molecule has 0 saturated heterocycles. The fourth-order valence-corrected chi connectivity index (χ4v) is 1.92. The van der Waals surface area contributed by atoms with E-state index in [0.717, 1.165) is 13.0 Å². The number of hydrogen-bond donors (Lipinski definition) is 4. The van der Waals surface area contributed by atoms with Crippen LogP contribution >= 0.6 is 23.8 Å². The Morgan fingerprint density at radius 3 is 2.61 bits per heavy atom. The van der Waals surface area contributed by atoms with E-state index >= 15 is 0 Å². The fraction of sp³-hybridized carbons (Fsp3) is 0.400. The average molecular weight is 357 g/mol. The third kappa shape index (κ3) is 8.37. The van der Waals surface area contributed by atoms with Gasteiger partial charge in [0.25, 0.3) is 11.8 Å². The maximum absolute atomic E-state index is 11.8. The Morgan fingerprint density at radius 2 is 1.96 bits per heavy atom. The summed E-state index contributed by atoms with van der Waals surface area (Å²) < 4.78 is 0. The van der Waals surface area contributed by atoms with Gasteiger partial charge in [0.05, 0.1) is 6.54 Å². The lowest BCUT2D eigenvalue weighted by Gasteiger charge is -2.12. The molecule has 0 atom stereocenters. The third-order valence-corrected chi connectivity index (χ3v) is 3.30. The zero-order valence-electron chi connectivity index (χ0n) is 13.1. The van der Waals surface area contributed by atoms with Gasteiger partial charge in [-0.3, -0.25) is 20.4 Å². The van der Waals surface area contributed by atoms with E-state index in [4.69, 9.17) is 23.8 Å². The molecule has 0 aliphatic heterocycles. The number of hydrazine groups is 1. The highest BCUT2D eigenvalue weighted by Gasteiger charge is 2.08. The van der Waals surface area contributed by atoms with Crippen LogP contribution in [0.5, 0.6) is 0 Å². The molecule has 4 N–H and O–H groups in total. The highest BCUT2D eigenvalue weighted by molar-refractivity contribution is 7.80. The summed E-state index contributed by atoms with van der Waals surface area (Å²) in [5.74, 6) is -0.213. The largest absolute Gasteiger partial charge is 0.361 e. The maximum atomic E-state index is 11.8. The SMILES string of the molecule is CC(C)CCNC(=S)NNC(=O)CNC(=O)c1cccc(Cl)c1. The van der Waals surface area contributed by atoms with Gasteiger partial charge in [-0.1, -0.05) is 31.5 Å². The van der Waals surface area contributed by atoms with E-state index in [0.29, 0.717) is 21.6 Å². The van der Waals surface area contributed by atoms with E-state index in [1.54, 1.807) is 18.2 Å². The second-order valence-corrected chi connectivity index (χ2v) is 6.15. The van der Waals surface area contributed by atoms with Crippen LogP contribution in [0.15, 0.2) is 24.3 Å². The molecular formula is C15H21ClN4O2S. The van der Waals surface area contributed by atoms with E-state index in [9.17, 15) is 9.59 Å². The van der Waals surface area contributed by atoms with E-state index in [2.05, 4.69) is 35.3 Å². The average Bonchev–Trinajstić information content (AvgIpc) is 2.50. The summed E-state index contributed by atoms with van der Waals surface area (Å²) in [6.07, 6.45) is 0.978. The summed E-state index contributed by atoms with van der Waals surface area (Å²) in [6.45, 7) is 4.78. The third-order valence-electron chi connectivity index (χ3n) is 2.82. The van der Waals surface area contributed by atoms with Crippen LogP contribution in [0.2, 0.25) is 5.02 Å². The number of carbonyl (C=O) groups excluding carboxylic acids is 2. The molecule has 0 unspecified atom stereocenters. The van der Waals surface area contributed by atoms with Crippen LogP contribution in [-0.2, 0) is 4.79 Å². The Balaban J connectivity index is 2.24. The van der Waals surface area contributed by atoms with Crippen LogP contribution in [0.3, 0.4) is 0 Å². The van der Waals surface area contributed by atoms with Gasteiger partial charge in [-0.2, -0.15) is 0 Å². The predicted molar refractivity (Wildman–Crippen MR) is 95.1 cm³/mol. The van der Waals surface area contributed by atoms with E-state index in [1.165, 1.54) is 6.07 Å². The molecule has 2 amide bonds. The highest BCUT2D eigenvalue weighted by Crippen LogP contribution is 2.10. The Labute approximate surface area is 146 Å². The zero-order chi connectivity index (χ0) is 17.2. The van der Waals surface area contributed by atoms with Gasteiger partial charge in [0.2, 0.25) is 0 Å². The number of halogens is 1. The fourth-order valence-electron chi connectivity index (χ4n) is 1.58. The van der Waals surface area contributed by atoms with Crippen LogP contribution in [0.25, 0.3) is 0 Å². The summed E-state index contributed by atoms with van der Waals surface area (Å²) >= 11 is 10.8. The van der Waals surface area contributed by atoms with Crippen LogP contribution in [0, 0.1) is 5.92 Å². The molecule has 6 nitrogen and oxygen atoms in total. The molecule has 0 bridgehead atoms. The van der Waals surface area contributed by atoms with Crippen LogP contribution < -0.4 is 21.5 Å². The molecule has 0 aliphatic rings. The lowest BCUT2D eigenvalue weighted by atomic mass is 10.1. The predicted octanol–water partition coefficient (Wildman–Crippen LogP) is 1.61. The van der Waals surface area contributed by atoms with Crippen molar-refractivity contribution < 1.29 is 9.59 Å². The van der Waals surface area contributed by atoms with Crippen LogP contribution in [0.4, 0.5) is 0 Å². The van der Waals surface area contributed by atoms with Crippen molar-refractivity contribution in [2.24, 2.45) is 5.92 Å².